The van der Waals surface area contributed by atoms with E-state index in [1.165, 1.54) is 0 Å². The van der Waals surface area contributed by atoms with Crippen molar-refractivity contribution in [2.45, 2.75) is 19.0 Å². The number of ether oxygens (including phenoxy) is 1. The smallest absolute Gasteiger partial charge is 0.142 e. The van der Waals surface area contributed by atoms with Crippen LogP contribution in [0.5, 0.6) is 11.5 Å². The largest absolute Gasteiger partial charge is 0.508 e. The first kappa shape index (κ1) is 14.5. The average Bonchev–Trinajstić information content (AvgIpc) is 2.47. The Morgan fingerprint density at radius 1 is 1.19 bits per heavy atom. The van der Waals surface area contributed by atoms with Crippen LogP contribution in [0.15, 0.2) is 36.4 Å². The molecule has 21 heavy (non-hydrogen) atoms. The van der Waals surface area contributed by atoms with Gasteiger partial charge in [-0.15, -0.1) is 0 Å². The standard InChI is InChI=1S/C16H15Cl2NO2/c17-11-7-13-15(5-6-21-16(13)14(18)8-11)19-9-10-1-3-12(20)4-2-10/h1-4,7-8,15,19-20H,5-6,9H2. The molecule has 0 radical (unpaired) electrons. The maximum Gasteiger partial charge on any atom is 0.142 e. The van der Waals surface area contributed by atoms with Gasteiger partial charge >= 0.3 is 0 Å². The van der Waals surface area contributed by atoms with Crippen molar-refractivity contribution in [3.8, 4) is 11.5 Å². The van der Waals surface area contributed by atoms with Crippen LogP contribution in [0.4, 0.5) is 0 Å². The van der Waals surface area contributed by atoms with Gasteiger partial charge in [-0.05, 0) is 29.8 Å². The van der Waals surface area contributed by atoms with Crippen molar-refractivity contribution in [2.75, 3.05) is 6.61 Å². The molecule has 0 fully saturated rings. The van der Waals surface area contributed by atoms with E-state index in [4.69, 9.17) is 27.9 Å². The van der Waals surface area contributed by atoms with Crippen LogP contribution in [-0.4, -0.2) is 11.7 Å². The second kappa shape index (κ2) is 6.14. The number of hydrogen-bond acceptors (Lipinski definition) is 3. The minimum absolute atomic E-state index is 0.152. The molecule has 3 rings (SSSR count). The van der Waals surface area contributed by atoms with Gasteiger partial charge in [0.15, 0.2) is 0 Å². The summed E-state index contributed by atoms with van der Waals surface area (Å²) in [5.74, 6) is 0.990. The minimum Gasteiger partial charge on any atom is -0.508 e. The number of rotatable bonds is 3. The molecule has 110 valence electrons. The highest BCUT2D eigenvalue weighted by molar-refractivity contribution is 6.35. The number of phenols is 1. The first-order chi connectivity index (χ1) is 10.1. The van der Waals surface area contributed by atoms with Gasteiger partial charge in [0.2, 0.25) is 0 Å². The van der Waals surface area contributed by atoms with E-state index in [-0.39, 0.29) is 11.8 Å². The van der Waals surface area contributed by atoms with Crippen molar-refractivity contribution >= 4 is 23.2 Å². The molecule has 2 aromatic rings. The second-order valence-corrected chi connectivity index (χ2v) is 5.89. The Hall–Kier alpha value is -1.42. The van der Waals surface area contributed by atoms with Gasteiger partial charge in [-0.1, -0.05) is 35.3 Å². The lowest BCUT2D eigenvalue weighted by atomic mass is 10.00. The molecule has 1 heterocycles. The van der Waals surface area contributed by atoms with E-state index in [2.05, 4.69) is 5.32 Å². The molecule has 0 aromatic heterocycles. The Balaban J connectivity index is 1.77. The monoisotopic (exact) mass is 323 g/mol. The SMILES string of the molecule is Oc1ccc(CNC2CCOc3c(Cl)cc(Cl)cc32)cc1. The molecular formula is C16H15Cl2NO2. The van der Waals surface area contributed by atoms with Crippen molar-refractivity contribution in [3.63, 3.8) is 0 Å². The number of hydrogen-bond donors (Lipinski definition) is 2. The molecule has 0 saturated carbocycles. The molecule has 0 aliphatic carbocycles. The summed E-state index contributed by atoms with van der Waals surface area (Å²) in [5, 5.41) is 13.9. The van der Waals surface area contributed by atoms with Crippen LogP contribution in [0.25, 0.3) is 0 Å². The van der Waals surface area contributed by atoms with E-state index in [0.717, 1.165) is 23.3 Å². The highest BCUT2D eigenvalue weighted by Crippen LogP contribution is 2.40. The normalized spacial score (nSPS) is 17.1. The number of fused-ring (bicyclic) bond motifs is 1. The summed E-state index contributed by atoms with van der Waals surface area (Å²) in [5.41, 5.74) is 2.10. The first-order valence-electron chi connectivity index (χ1n) is 6.76. The maximum atomic E-state index is 9.30. The predicted molar refractivity (Wildman–Crippen MR) is 84.3 cm³/mol. The Bertz CT molecular complexity index is 643. The molecule has 0 spiro atoms. The minimum atomic E-state index is 0.152. The van der Waals surface area contributed by atoms with E-state index >= 15 is 0 Å². The quantitative estimate of drug-likeness (QED) is 0.884. The highest BCUT2D eigenvalue weighted by Gasteiger charge is 2.23. The van der Waals surface area contributed by atoms with Gasteiger partial charge in [-0.25, -0.2) is 0 Å². The van der Waals surface area contributed by atoms with E-state index in [0.29, 0.717) is 23.2 Å². The van der Waals surface area contributed by atoms with Gasteiger partial charge in [-0.3, -0.25) is 0 Å². The summed E-state index contributed by atoms with van der Waals surface area (Å²) in [4.78, 5) is 0. The lowest BCUT2D eigenvalue weighted by Gasteiger charge is -2.27. The van der Waals surface area contributed by atoms with Crippen LogP contribution in [0.2, 0.25) is 10.0 Å². The third-order valence-electron chi connectivity index (χ3n) is 3.55. The van der Waals surface area contributed by atoms with E-state index in [9.17, 15) is 5.11 Å². The fourth-order valence-corrected chi connectivity index (χ4v) is 3.06. The molecule has 0 saturated heterocycles. The van der Waals surface area contributed by atoms with E-state index in [1.54, 1.807) is 18.2 Å². The lowest BCUT2D eigenvalue weighted by molar-refractivity contribution is 0.252. The van der Waals surface area contributed by atoms with Crippen LogP contribution in [0, 0.1) is 0 Å². The number of phenolic OH excluding ortho intramolecular Hbond substituents is 1. The van der Waals surface area contributed by atoms with Gasteiger partial charge < -0.3 is 15.2 Å². The summed E-state index contributed by atoms with van der Waals surface area (Å²) in [7, 11) is 0. The third kappa shape index (κ3) is 3.26. The summed E-state index contributed by atoms with van der Waals surface area (Å²) in [6, 6.07) is 10.9. The average molecular weight is 324 g/mol. The summed E-state index contributed by atoms with van der Waals surface area (Å²) < 4.78 is 5.64. The van der Waals surface area contributed by atoms with Crippen LogP contribution >= 0.6 is 23.2 Å². The Kier molecular flexibility index (Phi) is 4.24. The van der Waals surface area contributed by atoms with Gasteiger partial charge in [-0.2, -0.15) is 0 Å². The van der Waals surface area contributed by atoms with Crippen molar-refractivity contribution in [3.05, 3.63) is 57.6 Å². The second-order valence-electron chi connectivity index (χ2n) is 5.04. The zero-order valence-corrected chi connectivity index (χ0v) is 12.8. The molecule has 0 amide bonds. The molecule has 1 atom stereocenters. The summed E-state index contributed by atoms with van der Waals surface area (Å²) in [6.07, 6.45) is 0.863. The fourth-order valence-electron chi connectivity index (χ4n) is 2.49. The van der Waals surface area contributed by atoms with Gasteiger partial charge in [0.1, 0.15) is 11.5 Å². The van der Waals surface area contributed by atoms with Gasteiger partial charge in [0.25, 0.3) is 0 Å². The zero-order valence-electron chi connectivity index (χ0n) is 11.3. The zero-order chi connectivity index (χ0) is 14.8. The molecule has 2 aromatic carbocycles. The first-order valence-corrected chi connectivity index (χ1v) is 7.52. The topological polar surface area (TPSA) is 41.5 Å². The molecule has 3 nitrogen and oxygen atoms in total. The van der Waals surface area contributed by atoms with Gasteiger partial charge in [0, 0.05) is 29.6 Å². The van der Waals surface area contributed by atoms with E-state index < -0.39 is 0 Å². The number of halogens is 2. The number of aromatic hydroxyl groups is 1. The molecule has 1 aliphatic heterocycles. The Morgan fingerprint density at radius 3 is 2.71 bits per heavy atom. The molecule has 5 heteroatoms. The molecule has 2 N–H and O–H groups in total. The fraction of sp³-hybridized carbons (Fsp3) is 0.250. The molecule has 1 aliphatic rings. The molecular weight excluding hydrogens is 309 g/mol. The maximum absolute atomic E-state index is 9.30. The Labute approximate surface area is 133 Å². The van der Waals surface area contributed by atoms with Crippen LogP contribution in [0.1, 0.15) is 23.6 Å². The van der Waals surface area contributed by atoms with Crippen LogP contribution in [0.3, 0.4) is 0 Å². The lowest BCUT2D eigenvalue weighted by Crippen LogP contribution is -2.27. The third-order valence-corrected chi connectivity index (χ3v) is 4.05. The Morgan fingerprint density at radius 2 is 1.95 bits per heavy atom. The number of benzene rings is 2. The molecule has 0 bridgehead atoms. The van der Waals surface area contributed by atoms with Crippen LogP contribution < -0.4 is 10.1 Å². The number of nitrogens with one attached hydrogen (secondary N) is 1. The summed E-state index contributed by atoms with van der Waals surface area (Å²) in [6.45, 7) is 1.33. The van der Waals surface area contributed by atoms with Gasteiger partial charge in [0.05, 0.1) is 11.6 Å². The van der Waals surface area contributed by atoms with Crippen molar-refractivity contribution in [1.82, 2.24) is 5.32 Å². The van der Waals surface area contributed by atoms with Crippen molar-refractivity contribution < 1.29 is 9.84 Å². The summed E-state index contributed by atoms with van der Waals surface area (Å²) >= 11 is 12.3. The van der Waals surface area contributed by atoms with Crippen molar-refractivity contribution in [1.29, 1.82) is 0 Å². The molecule has 1 unspecified atom stereocenters. The van der Waals surface area contributed by atoms with Crippen LogP contribution in [-0.2, 0) is 6.54 Å². The predicted octanol–water partition coefficient (Wildman–Crippen LogP) is 4.31. The van der Waals surface area contributed by atoms with E-state index in [1.807, 2.05) is 18.2 Å². The highest BCUT2D eigenvalue weighted by atomic mass is 35.5. The van der Waals surface area contributed by atoms with Crippen molar-refractivity contribution in [2.24, 2.45) is 0 Å².